The van der Waals surface area contributed by atoms with E-state index in [0.29, 0.717) is 26.2 Å². The van der Waals surface area contributed by atoms with Gasteiger partial charge in [0.15, 0.2) is 0 Å². The Kier molecular flexibility index (Phi) is 4.30. The summed E-state index contributed by atoms with van der Waals surface area (Å²) in [4.78, 5) is 13.8. The first-order chi connectivity index (χ1) is 9.20. The number of aryl methyl sites for hydroxylation is 2. The van der Waals surface area contributed by atoms with Crippen LogP contribution in [0.25, 0.3) is 0 Å². The molecule has 0 bridgehead atoms. The molecular weight excluding hydrogens is 244 g/mol. The van der Waals surface area contributed by atoms with Gasteiger partial charge in [-0.2, -0.15) is 10.2 Å². The summed E-state index contributed by atoms with van der Waals surface area (Å²) in [5, 5.41) is 8.24. The Hall–Kier alpha value is -2.15. The van der Waals surface area contributed by atoms with Gasteiger partial charge in [0.05, 0.1) is 25.0 Å². The van der Waals surface area contributed by atoms with Crippen molar-refractivity contribution in [1.29, 1.82) is 0 Å². The molecular formula is C12H18N6O. The first-order valence-electron chi connectivity index (χ1n) is 6.16. The Labute approximate surface area is 111 Å². The molecule has 102 valence electrons. The highest BCUT2D eigenvalue weighted by Crippen LogP contribution is 2.05. The van der Waals surface area contributed by atoms with Crippen molar-refractivity contribution in [2.24, 2.45) is 5.73 Å². The molecule has 2 heterocycles. The average Bonchev–Trinajstić information content (AvgIpc) is 2.90. The molecule has 0 aliphatic heterocycles. The van der Waals surface area contributed by atoms with E-state index in [4.69, 9.17) is 5.73 Å². The minimum Gasteiger partial charge on any atom is -0.372 e. The van der Waals surface area contributed by atoms with Crippen molar-refractivity contribution < 1.29 is 0 Å². The normalized spacial score (nSPS) is 10.6. The fraction of sp³-hybridized carbons (Fsp3) is 0.417. The van der Waals surface area contributed by atoms with Gasteiger partial charge in [-0.15, -0.1) is 0 Å². The minimum atomic E-state index is -0.117. The van der Waals surface area contributed by atoms with E-state index in [0.717, 1.165) is 5.69 Å². The predicted molar refractivity (Wildman–Crippen MR) is 73.0 cm³/mol. The van der Waals surface area contributed by atoms with Crippen LogP contribution in [-0.4, -0.2) is 39.7 Å². The average molecular weight is 262 g/mol. The van der Waals surface area contributed by atoms with Crippen molar-refractivity contribution in [2.45, 2.75) is 13.1 Å². The van der Waals surface area contributed by atoms with E-state index in [2.05, 4.69) is 10.2 Å². The fourth-order valence-electron chi connectivity index (χ4n) is 1.75. The third-order valence-electron chi connectivity index (χ3n) is 2.86. The smallest absolute Gasteiger partial charge is 0.268 e. The molecule has 19 heavy (non-hydrogen) atoms. The van der Waals surface area contributed by atoms with Crippen LogP contribution < -0.4 is 16.2 Å². The molecule has 2 aromatic heterocycles. The van der Waals surface area contributed by atoms with E-state index in [1.165, 1.54) is 4.68 Å². The van der Waals surface area contributed by atoms with Crippen molar-refractivity contribution >= 4 is 5.69 Å². The van der Waals surface area contributed by atoms with Crippen molar-refractivity contribution in [3.8, 4) is 0 Å². The van der Waals surface area contributed by atoms with Gasteiger partial charge in [0.25, 0.3) is 5.56 Å². The van der Waals surface area contributed by atoms with Gasteiger partial charge in [0.1, 0.15) is 0 Å². The zero-order valence-electron chi connectivity index (χ0n) is 10.9. The molecule has 2 rings (SSSR count). The second kappa shape index (κ2) is 6.14. The maximum Gasteiger partial charge on any atom is 0.268 e. The van der Waals surface area contributed by atoms with Crippen LogP contribution in [0, 0.1) is 0 Å². The Bertz CT molecular complexity index is 562. The van der Waals surface area contributed by atoms with Gasteiger partial charge < -0.3 is 10.6 Å². The highest BCUT2D eigenvalue weighted by molar-refractivity contribution is 5.41. The topological polar surface area (TPSA) is 82.0 Å². The molecule has 7 heteroatoms. The number of anilines is 1. The van der Waals surface area contributed by atoms with Crippen molar-refractivity contribution in [3.05, 3.63) is 41.1 Å². The van der Waals surface area contributed by atoms with Gasteiger partial charge in [-0.25, -0.2) is 4.68 Å². The van der Waals surface area contributed by atoms with Crippen molar-refractivity contribution in [3.63, 3.8) is 0 Å². The molecule has 0 spiro atoms. The summed E-state index contributed by atoms with van der Waals surface area (Å²) in [5.41, 5.74) is 6.15. The molecule has 2 N–H and O–H groups in total. The fourth-order valence-corrected chi connectivity index (χ4v) is 1.75. The molecule has 0 aliphatic rings. The molecule has 0 saturated carbocycles. The van der Waals surface area contributed by atoms with Crippen LogP contribution in [0.4, 0.5) is 5.69 Å². The van der Waals surface area contributed by atoms with E-state index < -0.39 is 0 Å². The SMILES string of the molecule is CN(CCN)c1cnn(CCn2cccn2)c(=O)c1. The molecule has 0 aliphatic carbocycles. The van der Waals surface area contributed by atoms with Crippen LogP contribution in [0.2, 0.25) is 0 Å². The Morgan fingerprint density at radius 2 is 2.21 bits per heavy atom. The third kappa shape index (κ3) is 3.41. The monoisotopic (exact) mass is 262 g/mol. The third-order valence-corrected chi connectivity index (χ3v) is 2.86. The molecule has 2 aromatic rings. The molecule has 0 fully saturated rings. The summed E-state index contributed by atoms with van der Waals surface area (Å²) in [6, 6.07) is 3.42. The number of aromatic nitrogens is 4. The molecule has 0 amide bonds. The van der Waals surface area contributed by atoms with E-state index in [-0.39, 0.29) is 5.56 Å². The number of nitrogens with two attached hydrogens (primary N) is 1. The van der Waals surface area contributed by atoms with Crippen LogP contribution in [0.15, 0.2) is 35.5 Å². The molecule has 0 saturated heterocycles. The number of rotatable bonds is 6. The van der Waals surface area contributed by atoms with E-state index in [9.17, 15) is 4.79 Å². The highest BCUT2D eigenvalue weighted by atomic mass is 16.1. The largest absolute Gasteiger partial charge is 0.372 e. The maximum atomic E-state index is 11.9. The number of likely N-dealkylation sites (N-methyl/N-ethyl adjacent to an activating group) is 1. The quantitative estimate of drug-likeness (QED) is 0.761. The molecule has 0 atom stereocenters. The zero-order valence-corrected chi connectivity index (χ0v) is 10.9. The Morgan fingerprint density at radius 1 is 1.37 bits per heavy atom. The van der Waals surface area contributed by atoms with Gasteiger partial charge in [-0.3, -0.25) is 9.48 Å². The number of nitrogens with zero attached hydrogens (tertiary/aromatic N) is 5. The lowest BCUT2D eigenvalue weighted by Gasteiger charge is -2.17. The van der Waals surface area contributed by atoms with Gasteiger partial charge in [-0.05, 0) is 6.07 Å². The van der Waals surface area contributed by atoms with Crippen LogP contribution in [0.5, 0.6) is 0 Å². The summed E-state index contributed by atoms with van der Waals surface area (Å²) in [6.45, 7) is 2.36. The van der Waals surface area contributed by atoms with Crippen molar-refractivity contribution in [1.82, 2.24) is 19.6 Å². The molecule has 0 radical (unpaired) electrons. The first kappa shape index (κ1) is 13.3. The predicted octanol–water partition coefficient (Wildman–Crippen LogP) is -0.465. The summed E-state index contributed by atoms with van der Waals surface area (Å²) >= 11 is 0. The van der Waals surface area contributed by atoms with Gasteiger partial charge in [0, 0.05) is 38.6 Å². The second-order valence-corrected chi connectivity index (χ2v) is 4.25. The van der Waals surface area contributed by atoms with Gasteiger partial charge in [0.2, 0.25) is 0 Å². The van der Waals surface area contributed by atoms with Gasteiger partial charge in [-0.1, -0.05) is 0 Å². The lowest BCUT2D eigenvalue weighted by molar-refractivity contribution is 0.482. The molecule has 0 unspecified atom stereocenters. The lowest BCUT2D eigenvalue weighted by Crippen LogP contribution is -2.29. The molecule has 7 nitrogen and oxygen atoms in total. The second-order valence-electron chi connectivity index (χ2n) is 4.25. The minimum absolute atomic E-state index is 0.117. The highest BCUT2D eigenvalue weighted by Gasteiger charge is 2.04. The van der Waals surface area contributed by atoms with E-state index >= 15 is 0 Å². The summed E-state index contributed by atoms with van der Waals surface area (Å²) in [5.74, 6) is 0. The number of hydrogen-bond donors (Lipinski definition) is 1. The van der Waals surface area contributed by atoms with E-state index in [1.807, 2.05) is 24.2 Å². The van der Waals surface area contributed by atoms with Gasteiger partial charge >= 0.3 is 0 Å². The zero-order chi connectivity index (χ0) is 13.7. The van der Waals surface area contributed by atoms with E-state index in [1.54, 1.807) is 23.1 Å². The van der Waals surface area contributed by atoms with Crippen LogP contribution in [0.1, 0.15) is 0 Å². The molecule has 0 aromatic carbocycles. The van der Waals surface area contributed by atoms with Crippen LogP contribution >= 0.6 is 0 Å². The lowest BCUT2D eigenvalue weighted by atomic mass is 10.4. The standard InChI is InChI=1S/C12H18N6O/c1-16(6-3-13)11-9-12(19)18(15-10-11)8-7-17-5-2-4-14-17/h2,4-5,9-10H,3,6-8,13H2,1H3. The Balaban J connectivity index is 2.05. The summed E-state index contributed by atoms with van der Waals surface area (Å²) < 4.78 is 3.20. The first-order valence-corrected chi connectivity index (χ1v) is 6.16. The summed E-state index contributed by atoms with van der Waals surface area (Å²) in [6.07, 6.45) is 5.25. The number of hydrogen-bond acceptors (Lipinski definition) is 5. The Morgan fingerprint density at radius 3 is 2.84 bits per heavy atom. The van der Waals surface area contributed by atoms with Crippen LogP contribution in [0.3, 0.4) is 0 Å². The van der Waals surface area contributed by atoms with Crippen molar-refractivity contribution in [2.75, 3.05) is 25.0 Å². The van der Waals surface area contributed by atoms with Crippen LogP contribution in [-0.2, 0) is 13.1 Å². The maximum absolute atomic E-state index is 11.9. The summed E-state index contributed by atoms with van der Waals surface area (Å²) in [7, 11) is 1.89.